The second kappa shape index (κ2) is 6.55. The van der Waals surface area contributed by atoms with Gasteiger partial charge in [-0.15, -0.1) is 0 Å². The lowest BCUT2D eigenvalue weighted by Gasteiger charge is -2.25. The van der Waals surface area contributed by atoms with Crippen molar-refractivity contribution < 1.29 is 14.6 Å². The zero-order valence-electron chi connectivity index (χ0n) is 12.4. The minimum absolute atomic E-state index is 0.281. The number of ether oxygens (including phenoxy) is 1. The Morgan fingerprint density at radius 3 is 2.14 bits per heavy atom. The molecule has 2 rings (SSSR count). The summed E-state index contributed by atoms with van der Waals surface area (Å²) < 4.78 is 5.07. The van der Waals surface area contributed by atoms with Crippen molar-refractivity contribution in [3.8, 4) is 11.1 Å². The molecule has 0 fully saturated rings. The summed E-state index contributed by atoms with van der Waals surface area (Å²) in [4.78, 5) is 12.1. The highest BCUT2D eigenvalue weighted by atomic mass is 16.5. The van der Waals surface area contributed by atoms with Gasteiger partial charge in [0.15, 0.2) is 0 Å². The van der Waals surface area contributed by atoms with Gasteiger partial charge < -0.3 is 9.84 Å². The minimum atomic E-state index is -1.02. The molecule has 0 heterocycles. The normalized spacial score (nSPS) is 13.5. The molecule has 2 aromatic rings. The number of aliphatic hydroxyl groups excluding tert-OH is 1. The molecule has 0 radical (unpaired) electrons. The fraction of sp³-hybridized carbons (Fsp3) is 0.278. The van der Waals surface area contributed by atoms with E-state index >= 15 is 0 Å². The standard InChI is InChI=1S/C18H20O3/c1-3-21-17(20)18(2,13-19)16-11-9-15(10-12-16)14-7-5-4-6-8-14/h4-12,19H,3,13H2,1-2H3/t18-/m1/s1. The first-order valence-corrected chi connectivity index (χ1v) is 7.06. The molecule has 0 aromatic heterocycles. The topological polar surface area (TPSA) is 46.5 Å². The highest BCUT2D eigenvalue weighted by Gasteiger charge is 2.36. The third-order valence-electron chi connectivity index (χ3n) is 3.67. The average molecular weight is 284 g/mol. The molecule has 2 aromatic carbocycles. The van der Waals surface area contributed by atoms with Gasteiger partial charge in [-0.2, -0.15) is 0 Å². The Morgan fingerprint density at radius 2 is 1.62 bits per heavy atom. The minimum Gasteiger partial charge on any atom is -0.465 e. The Morgan fingerprint density at radius 1 is 1.05 bits per heavy atom. The van der Waals surface area contributed by atoms with Crippen LogP contribution < -0.4 is 0 Å². The van der Waals surface area contributed by atoms with Crippen LogP contribution in [0.1, 0.15) is 19.4 Å². The fourth-order valence-corrected chi connectivity index (χ4v) is 2.23. The number of hydrogen-bond donors (Lipinski definition) is 1. The quantitative estimate of drug-likeness (QED) is 0.858. The van der Waals surface area contributed by atoms with Crippen LogP contribution in [0.25, 0.3) is 11.1 Å². The van der Waals surface area contributed by atoms with Crippen LogP contribution in [-0.4, -0.2) is 24.3 Å². The molecule has 0 bridgehead atoms. The van der Waals surface area contributed by atoms with Crippen LogP contribution in [0.4, 0.5) is 0 Å². The third kappa shape index (κ3) is 3.14. The maximum absolute atomic E-state index is 12.1. The first-order valence-electron chi connectivity index (χ1n) is 7.06. The van der Waals surface area contributed by atoms with E-state index in [-0.39, 0.29) is 6.61 Å². The summed E-state index contributed by atoms with van der Waals surface area (Å²) in [6.45, 7) is 3.48. The maximum atomic E-state index is 12.1. The molecular formula is C18H20O3. The Kier molecular flexibility index (Phi) is 4.76. The fourth-order valence-electron chi connectivity index (χ4n) is 2.23. The summed E-state index contributed by atoms with van der Waals surface area (Å²) in [6.07, 6.45) is 0. The summed E-state index contributed by atoms with van der Waals surface area (Å²) in [5.74, 6) is -0.403. The van der Waals surface area contributed by atoms with E-state index < -0.39 is 11.4 Å². The molecule has 0 unspecified atom stereocenters. The summed E-state index contributed by atoms with van der Waals surface area (Å²) in [6, 6.07) is 17.7. The number of hydrogen-bond acceptors (Lipinski definition) is 3. The Hall–Kier alpha value is -2.13. The second-order valence-electron chi connectivity index (χ2n) is 5.15. The number of rotatable bonds is 5. The van der Waals surface area contributed by atoms with E-state index in [1.54, 1.807) is 13.8 Å². The predicted molar refractivity (Wildman–Crippen MR) is 82.9 cm³/mol. The maximum Gasteiger partial charge on any atom is 0.318 e. The summed E-state index contributed by atoms with van der Waals surface area (Å²) >= 11 is 0. The number of carbonyl (C=O) groups is 1. The molecule has 0 aliphatic heterocycles. The van der Waals surface area contributed by atoms with E-state index in [4.69, 9.17) is 4.74 Å². The predicted octanol–water partition coefficient (Wildman–Crippen LogP) is 3.17. The Labute approximate surface area is 125 Å². The van der Waals surface area contributed by atoms with Crippen LogP contribution in [0.5, 0.6) is 0 Å². The molecule has 0 aliphatic carbocycles. The lowest BCUT2D eigenvalue weighted by atomic mass is 9.82. The lowest BCUT2D eigenvalue weighted by molar-refractivity contribution is -0.151. The molecule has 1 N–H and O–H groups in total. The molecule has 0 saturated heterocycles. The molecule has 21 heavy (non-hydrogen) atoms. The number of benzene rings is 2. The van der Waals surface area contributed by atoms with E-state index in [1.165, 1.54) is 0 Å². The molecular weight excluding hydrogens is 264 g/mol. The van der Waals surface area contributed by atoms with E-state index in [0.717, 1.165) is 16.7 Å². The van der Waals surface area contributed by atoms with Crippen molar-refractivity contribution in [3.63, 3.8) is 0 Å². The van der Waals surface area contributed by atoms with Gasteiger partial charge in [0.2, 0.25) is 0 Å². The molecule has 3 nitrogen and oxygen atoms in total. The van der Waals surface area contributed by atoms with Crippen LogP contribution >= 0.6 is 0 Å². The Bertz CT molecular complexity index is 590. The van der Waals surface area contributed by atoms with Crippen molar-refractivity contribution in [2.75, 3.05) is 13.2 Å². The summed E-state index contributed by atoms with van der Waals surface area (Å²) in [5.41, 5.74) is 1.92. The van der Waals surface area contributed by atoms with Crippen molar-refractivity contribution in [2.24, 2.45) is 0 Å². The van der Waals surface area contributed by atoms with Gasteiger partial charge in [0.05, 0.1) is 13.2 Å². The van der Waals surface area contributed by atoms with E-state index in [1.807, 2.05) is 54.6 Å². The van der Waals surface area contributed by atoms with Gasteiger partial charge in [-0.3, -0.25) is 4.79 Å². The second-order valence-corrected chi connectivity index (χ2v) is 5.15. The molecule has 3 heteroatoms. The van der Waals surface area contributed by atoms with Gasteiger partial charge >= 0.3 is 5.97 Å². The number of esters is 1. The van der Waals surface area contributed by atoms with E-state index in [2.05, 4.69) is 0 Å². The molecule has 0 amide bonds. The van der Waals surface area contributed by atoms with Crippen molar-refractivity contribution in [1.82, 2.24) is 0 Å². The Balaban J connectivity index is 2.31. The molecule has 110 valence electrons. The highest BCUT2D eigenvalue weighted by molar-refractivity contribution is 5.83. The van der Waals surface area contributed by atoms with E-state index in [9.17, 15) is 9.90 Å². The smallest absolute Gasteiger partial charge is 0.318 e. The van der Waals surface area contributed by atoms with Gasteiger partial charge in [-0.25, -0.2) is 0 Å². The van der Waals surface area contributed by atoms with Gasteiger partial charge in [0.25, 0.3) is 0 Å². The number of carbonyl (C=O) groups excluding carboxylic acids is 1. The van der Waals surface area contributed by atoms with Gasteiger partial charge in [-0.1, -0.05) is 54.6 Å². The van der Waals surface area contributed by atoms with Gasteiger partial charge in [-0.05, 0) is 30.5 Å². The van der Waals surface area contributed by atoms with Crippen LogP contribution in [-0.2, 0) is 14.9 Å². The summed E-state index contributed by atoms with van der Waals surface area (Å²) in [7, 11) is 0. The van der Waals surface area contributed by atoms with E-state index in [0.29, 0.717) is 6.61 Å². The van der Waals surface area contributed by atoms with Crippen molar-refractivity contribution >= 4 is 5.97 Å². The zero-order valence-corrected chi connectivity index (χ0v) is 12.4. The third-order valence-corrected chi connectivity index (χ3v) is 3.67. The largest absolute Gasteiger partial charge is 0.465 e. The van der Waals surface area contributed by atoms with Crippen LogP contribution in [0, 0.1) is 0 Å². The van der Waals surface area contributed by atoms with Crippen molar-refractivity contribution in [2.45, 2.75) is 19.3 Å². The van der Waals surface area contributed by atoms with Crippen molar-refractivity contribution in [3.05, 3.63) is 60.2 Å². The highest BCUT2D eigenvalue weighted by Crippen LogP contribution is 2.28. The zero-order chi connectivity index (χ0) is 15.3. The van der Waals surface area contributed by atoms with Crippen molar-refractivity contribution in [1.29, 1.82) is 0 Å². The monoisotopic (exact) mass is 284 g/mol. The molecule has 1 atom stereocenters. The van der Waals surface area contributed by atoms with Crippen LogP contribution in [0.2, 0.25) is 0 Å². The van der Waals surface area contributed by atoms with Crippen LogP contribution in [0.15, 0.2) is 54.6 Å². The first kappa shape index (κ1) is 15.3. The van der Waals surface area contributed by atoms with Gasteiger partial charge in [0, 0.05) is 0 Å². The SMILES string of the molecule is CCOC(=O)[C@](C)(CO)c1ccc(-c2ccccc2)cc1. The molecule has 0 saturated carbocycles. The molecule has 0 spiro atoms. The first-order chi connectivity index (χ1) is 10.1. The summed E-state index contributed by atoms with van der Waals surface area (Å²) in [5, 5.41) is 9.62. The lowest BCUT2D eigenvalue weighted by Crippen LogP contribution is -2.38. The molecule has 0 aliphatic rings. The van der Waals surface area contributed by atoms with Gasteiger partial charge in [0.1, 0.15) is 5.41 Å². The van der Waals surface area contributed by atoms with Crippen LogP contribution in [0.3, 0.4) is 0 Å². The number of aliphatic hydroxyl groups is 1. The average Bonchev–Trinajstić information content (AvgIpc) is 2.55.